The molecule has 98 valence electrons. The van der Waals surface area contributed by atoms with E-state index in [2.05, 4.69) is 6.58 Å². The van der Waals surface area contributed by atoms with E-state index in [0.717, 1.165) is 18.4 Å². The van der Waals surface area contributed by atoms with Gasteiger partial charge in [0.05, 0.1) is 5.02 Å². The van der Waals surface area contributed by atoms with Crippen molar-refractivity contribution in [2.24, 2.45) is 0 Å². The van der Waals surface area contributed by atoms with Gasteiger partial charge in [-0.3, -0.25) is 0 Å². The van der Waals surface area contributed by atoms with Crippen molar-refractivity contribution in [1.82, 2.24) is 0 Å². The summed E-state index contributed by atoms with van der Waals surface area (Å²) in [7, 11) is 0. The molecule has 0 spiro atoms. The molecule has 0 amide bonds. The van der Waals surface area contributed by atoms with Crippen molar-refractivity contribution in [3.05, 3.63) is 71.3 Å². The molecule has 0 aliphatic carbocycles. The number of hydrogen-bond acceptors (Lipinski definition) is 0. The second-order valence-corrected chi connectivity index (χ2v) is 4.68. The highest BCUT2D eigenvalue weighted by Gasteiger charge is 2.09. The van der Waals surface area contributed by atoms with Crippen molar-refractivity contribution >= 4 is 11.6 Å². The van der Waals surface area contributed by atoms with E-state index in [1.165, 1.54) is 18.2 Å². The average molecular weight is 279 g/mol. The zero-order valence-corrected chi connectivity index (χ0v) is 11.1. The van der Waals surface area contributed by atoms with Gasteiger partial charge in [0.1, 0.15) is 11.6 Å². The molecule has 0 saturated heterocycles. The first kappa shape index (κ1) is 13.8. The van der Waals surface area contributed by atoms with Gasteiger partial charge in [-0.15, -0.1) is 6.58 Å². The third kappa shape index (κ3) is 3.21. The Morgan fingerprint density at radius 1 is 1.05 bits per heavy atom. The summed E-state index contributed by atoms with van der Waals surface area (Å²) < 4.78 is 27.3. The second-order valence-electron chi connectivity index (χ2n) is 4.27. The Morgan fingerprint density at radius 3 is 2.53 bits per heavy atom. The summed E-state index contributed by atoms with van der Waals surface area (Å²) in [6.45, 7) is 3.66. The molecule has 0 bridgehead atoms. The summed E-state index contributed by atoms with van der Waals surface area (Å²) >= 11 is 5.63. The number of aryl methyl sites for hydroxylation is 1. The summed E-state index contributed by atoms with van der Waals surface area (Å²) in [5.74, 6) is -0.917. The highest BCUT2D eigenvalue weighted by molar-refractivity contribution is 6.30. The van der Waals surface area contributed by atoms with Crippen molar-refractivity contribution in [2.75, 3.05) is 0 Å². The Hall–Kier alpha value is -1.67. The molecule has 3 heteroatoms. The molecule has 0 saturated carbocycles. The predicted octanol–water partition coefficient (Wildman–Crippen LogP) is 5.40. The molecule has 2 rings (SSSR count). The molecule has 0 unspecified atom stereocenters. The van der Waals surface area contributed by atoms with Gasteiger partial charge in [-0.2, -0.15) is 0 Å². The molecule has 0 fully saturated rings. The van der Waals surface area contributed by atoms with E-state index < -0.39 is 5.82 Å². The topological polar surface area (TPSA) is 0 Å². The van der Waals surface area contributed by atoms with Crippen LogP contribution in [0, 0.1) is 11.6 Å². The second kappa shape index (κ2) is 5.98. The van der Waals surface area contributed by atoms with Gasteiger partial charge in [-0.05, 0) is 48.2 Å². The number of benzene rings is 2. The van der Waals surface area contributed by atoms with E-state index >= 15 is 0 Å². The van der Waals surface area contributed by atoms with Crippen LogP contribution in [0.5, 0.6) is 0 Å². The van der Waals surface area contributed by atoms with Crippen LogP contribution in [0.4, 0.5) is 8.78 Å². The highest BCUT2D eigenvalue weighted by Crippen LogP contribution is 2.27. The molecular weight excluding hydrogens is 266 g/mol. The Labute approximate surface area is 116 Å². The Kier molecular flexibility index (Phi) is 4.33. The minimum atomic E-state index is -0.546. The molecule has 0 nitrogen and oxygen atoms in total. The summed E-state index contributed by atoms with van der Waals surface area (Å²) in [6, 6.07) is 9.16. The summed E-state index contributed by atoms with van der Waals surface area (Å²) in [5.41, 5.74) is 1.86. The fourth-order valence-electron chi connectivity index (χ4n) is 1.88. The van der Waals surface area contributed by atoms with Crippen LogP contribution in [0.2, 0.25) is 5.02 Å². The highest BCUT2D eigenvalue weighted by atomic mass is 35.5. The van der Waals surface area contributed by atoms with Gasteiger partial charge in [0.25, 0.3) is 0 Å². The third-order valence-corrected chi connectivity index (χ3v) is 3.21. The van der Waals surface area contributed by atoms with Gasteiger partial charge < -0.3 is 0 Å². The fourth-order valence-corrected chi connectivity index (χ4v) is 2.00. The lowest BCUT2D eigenvalue weighted by Gasteiger charge is -2.07. The summed E-state index contributed by atoms with van der Waals surface area (Å²) in [4.78, 5) is 0. The zero-order valence-electron chi connectivity index (χ0n) is 10.3. The number of allylic oxidation sites excluding steroid dienone is 1. The van der Waals surface area contributed by atoms with E-state index in [4.69, 9.17) is 11.6 Å². The zero-order chi connectivity index (χ0) is 13.8. The number of halogens is 3. The lowest BCUT2D eigenvalue weighted by molar-refractivity contribution is 0.624. The largest absolute Gasteiger partial charge is 0.206 e. The van der Waals surface area contributed by atoms with Gasteiger partial charge in [-0.1, -0.05) is 29.8 Å². The molecule has 2 aromatic carbocycles. The Morgan fingerprint density at radius 2 is 1.84 bits per heavy atom. The smallest absolute Gasteiger partial charge is 0.142 e. The lowest BCUT2D eigenvalue weighted by Crippen LogP contribution is -1.90. The van der Waals surface area contributed by atoms with Crippen LogP contribution in [0.25, 0.3) is 11.1 Å². The van der Waals surface area contributed by atoms with Crippen LogP contribution in [0.1, 0.15) is 12.0 Å². The van der Waals surface area contributed by atoms with Crippen molar-refractivity contribution < 1.29 is 8.78 Å². The minimum absolute atomic E-state index is 0.0342. The first-order valence-electron chi connectivity index (χ1n) is 5.96. The summed E-state index contributed by atoms with van der Waals surface area (Å²) in [5, 5.41) is 0.0342. The van der Waals surface area contributed by atoms with E-state index in [1.54, 1.807) is 18.2 Å². The normalized spacial score (nSPS) is 10.5. The van der Waals surface area contributed by atoms with Crippen LogP contribution in [-0.4, -0.2) is 0 Å². The molecule has 0 aliphatic heterocycles. The van der Waals surface area contributed by atoms with Crippen LogP contribution < -0.4 is 0 Å². The first-order valence-corrected chi connectivity index (χ1v) is 6.34. The predicted molar refractivity (Wildman–Crippen MR) is 75.3 cm³/mol. The molecule has 0 heterocycles. The fraction of sp³-hybridized carbons (Fsp3) is 0.125. The lowest BCUT2D eigenvalue weighted by atomic mass is 10.00. The van der Waals surface area contributed by atoms with Crippen molar-refractivity contribution in [3.8, 4) is 11.1 Å². The van der Waals surface area contributed by atoms with Crippen molar-refractivity contribution in [2.45, 2.75) is 12.8 Å². The summed E-state index contributed by atoms with van der Waals surface area (Å²) in [6.07, 6.45) is 3.41. The van der Waals surface area contributed by atoms with Crippen LogP contribution in [0.3, 0.4) is 0 Å². The number of hydrogen-bond donors (Lipinski definition) is 0. The van der Waals surface area contributed by atoms with Gasteiger partial charge in [0, 0.05) is 5.56 Å². The quantitative estimate of drug-likeness (QED) is 0.657. The molecule has 0 aliphatic rings. The average Bonchev–Trinajstić information content (AvgIpc) is 2.41. The maximum Gasteiger partial charge on any atom is 0.142 e. The molecule has 2 aromatic rings. The minimum Gasteiger partial charge on any atom is -0.206 e. The molecule has 19 heavy (non-hydrogen) atoms. The molecule has 0 radical (unpaired) electrons. The number of rotatable bonds is 4. The van der Waals surface area contributed by atoms with Crippen LogP contribution in [-0.2, 0) is 6.42 Å². The van der Waals surface area contributed by atoms with Crippen molar-refractivity contribution in [3.63, 3.8) is 0 Å². The standard InChI is InChI=1S/C16H13ClF2/c1-2-3-4-11-5-8-15(18)13(9-11)12-6-7-14(17)16(19)10-12/h2,5-10H,1,3-4H2. The van der Waals surface area contributed by atoms with E-state index in [-0.39, 0.29) is 10.8 Å². The van der Waals surface area contributed by atoms with Crippen molar-refractivity contribution in [1.29, 1.82) is 0 Å². The van der Waals surface area contributed by atoms with Gasteiger partial charge in [0.15, 0.2) is 0 Å². The van der Waals surface area contributed by atoms with Crippen LogP contribution in [0.15, 0.2) is 49.1 Å². The van der Waals surface area contributed by atoms with Gasteiger partial charge >= 0.3 is 0 Å². The van der Waals surface area contributed by atoms with Gasteiger partial charge in [-0.25, -0.2) is 8.78 Å². The van der Waals surface area contributed by atoms with Crippen LogP contribution >= 0.6 is 11.6 Å². The maximum atomic E-state index is 13.8. The molecular formula is C16H13ClF2. The maximum absolute atomic E-state index is 13.8. The first-order chi connectivity index (χ1) is 9.11. The van der Waals surface area contributed by atoms with E-state index in [1.807, 2.05) is 6.08 Å². The molecule has 0 N–H and O–H groups in total. The molecule has 0 atom stereocenters. The monoisotopic (exact) mass is 278 g/mol. The molecule has 0 aromatic heterocycles. The Bertz CT molecular complexity index is 606. The van der Waals surface area contributed by atoms with Gasteiger partial charge in [0.2, 0.25) is 0 Å². The third-order valence-electron chi connectivity index (χ3n) is 2.90. The van der Waals surface area contributed by atoms with E-state index in [0.29, 0.717) is 11.1 Å². The Balaban J connectivity index is 2.42. The van der Waals surface area contributed by atoms with E-state index in [9.17, 15) is 8.78 Å². The SMILES string of the molecule is C=CCCc1ccc(F)c(-c2ccc(Cl)c(F)c2)c1.